The Kier molecular flexibility index (Phi) is 2.09. The third-order valence-corrected chi connectivity index (χ3v) is 3.30. The number of carbonyl (C=O) groups excluding carboxylic acids is 2. The number of hydrazine groups is 1. The fourth-order valence-corrected chi connectivity index (χ4v) is 2.44. The fraction of sp³-hybridized carbons (Fsp3) is 0.231. The largest absolute Gasteiger partial charge is 0.351 e. The zero-order valence-electron chi connectivity index (χ0n) is 10.5. The second-order valence-corrected chi connectivity index (χ2v) is 4.62. The summed E-state index contributed by atoms with van der Waals surface area (Å²) in [5, 5.41) is 3.51. The summed E-state index contributed by atoms with van der Waals surface area (Å²) in [5.74, 6) is -0.512. The van der Waals surface area contributed by atoms with Gasteiger partial charge in [0, 0.05) is 38.2 Å². The summed E-state index contributed by atoms with van der Waals surface area (Å²) in [6.07, 6.45) is 1.89. The number of rotatable bonds is 1. The lowest BCUT2D eigenvalue weighted by Crippen LogP contribution is -2.41. The van der Waals surface area contributed by atoms with E-state index >= 15 is 0 Å². The Morgan fingerprint density at radius 2 is 1.78 bits per heavy atom. The Morgan fingerprint density at radius 3 is 2.44 bits per heavy atom. The second kappa shape index (κ2) is 3.43. The predicted octanol–water partition coefficient (Wildman–Crippen LogP) is 1.25. The number of amides is 2. The maximum Gasteiger partial charge on any atom is 0.277 e. The minimum atomic E-state index is -0.259. The first kappa shape index (κ1) is 11.0. The van der Waals surface area contributed by atoms with Gasteiger partial charge in [-0.15, -0.1) is 0 Å². The van der Waals surface area contributed by atoms with E-state index in [2.05, 4.69) is 0 Å². The quantitative estimate of drug-likeness (QED) is 0.708. The molecule has 2 amide bonds. The molecule has 0 N–H and O–H groups in total. The number of carbonyl (C=O) groups is 2. The van der Waals surface area contributed by atoms with Crippen molar-refractivity contribution in [3.05, 3.63) is 35.5 Å². The van der Waals surface area contributed by atoms with Crippen LogP contribution in [0.4, 0.5) is 0 Å². The lowest BCUT2D eigenvalue weighted by Gasteiger charge is -2.20. The van der Waals surface area contributed by atoms with Crippen LogP contribution in [0.5, 0.6) is 0 Å². The van der Waals surface area contributed by atoms with Gasteiger partial charge in [-0.1, -0.05) is 0 Å². The van der Waals surface area contributed by atoms with Gasteiger partial charge in [-0.25, -0.2) is 10.0 Å². The average molecular weight is 243 g/mol. The molecule has 0 saturated heterocycles. The summed E-state index contributed by atoms with van der Waals surface area (Å²) < 4.78 is 1.94. The van der Waals surface area contributed by atoms with Crippen molar-refractivity contribution in [2.45, 2.75) is 0 Å². The Morgan fingerprint density at radius 1 is 1.06 bits per heavy atom. The molecule has 2 aromatic rings. The highest BCUT2D eigenvalue weighted by atomic mass is 16.2. The molecule has 18 heavy (non-hydrogen) atoms. The Balaban J connectivity index is 2.32. The molecular weight excluding hydrogens is 230 g/mol. The normalized spacial score (nSPS) is 15.0. The first-order valence-electron chi connectivity index (χ1n) is 5.66. The van der Waals surface area contributed by atoms with Gasteiger partial charge in [0.05, 0.1) is 11.1 Å². The lowest BCUT2D eigenvalue weighted by atomic mass is 10.1. The van der Waals surface area contributed by atoms with Crippen LogP contribution in [-0.2, 0) is 7.05 Å². The summed E-state index contributed by atoms with van der Waals surface area (Å²) in [6.45, 7) is 0. The number of nitrogens with zero attached hydrogens (tertiary/aromatic N) is 3. The molecule has 92 valence electrons. The molecule has 0 unspecified atom stereocenters. The van der Waals surface area contributed by atoms with Crippen LogP contribution in [0.2, 0.25) is 0 Å². The number of hydrogen-bond acceptors (Lipinski definition) is 3. The molecule has 1 aromatic heterocycles. The SMILES string of the molecule is CN(C)N1C(=O)c2ccc3c(ccn3C)c2C1=O. The van der Waals surface area contributed by atoms with E-state index < -0.39 is 0 Å². The minimum absolute atomic E-state index is 0.253. The van der Waals surface area contributed by atoms with Gasteiger partial charge >= 0.3 is 0 Å². The maximum absolute atomic E-state index is 12.3. The predicted molar refractivity (Wildman–Crippen MR) is 67.1 cm³/mol. The first-order valence-corrected chi connectivity index (χ1v) is 5.66. The molecule has 3 rings (SSSR count). The van der Waals surface area contributed by atoms with Crippen molar-refractivity contribution in [1.82, 2.24) is 14.6 Å². The van der Waals surface area contributed by atoms with E-state index in [4.69, 9.17) is 0 Å². The van der Waals surface area contributed by atoms with E-state index in [1.807, 2.05) is 29.9 Å². The van der Waals surface area contributed by atoms with Gasteiger partial charge in [-0.3, -0.25) is 9.59 Å². The minimum Gasteiger partial charge on any atom is -0.351 e. The van der Waals surface area contributed by atoms with Crippen LogP contribution in [0.15, 0.2) is 24.4 Å². The van der Waals surface area contributed by atoms with Gasteiger partial charge in [-0.2, -0.15) is 0 Å². The van der Waals surface area contributed by atoms with Crippen molar-refractivity contribution in [2.24, 2.45) is 7.05 Å². The van der Waals surface area contributed by atoms with Gasteiger partial charge in [0.25, 0.3) is 11.8 Å². The van der Waals surface area contributed by atoms with Crippen molar-refractivity contribution in [1.29, 1.82) is 0 Å². The van der Waals surface area contributed by atoms with Crippen molar-refractivity contribution >= 4 is 22.7 Å². The van der Waals surface area contributed by atoms with Crippen LogP contribution in [0.25, 0.3) is 10.9 Å². The van der Waals surface area contributed by atoms with Crippen LogP contribution in [0, 0.1) is 0 Å². The molecule has 5 nitrogen and oxygen atoms in total. The third-order valence-electron chi connectivity index (χ3n) is 3.30. The number of benzene rings is 1. The summed E-state index contributed by atoms with van der Waals surface area (Å²) in [6, 6.07) is 5.47. The molecule has 0 aliphatic carbocycles. The van der Waals surface area contributed by atoms with Crippen molar-refractivity contribution in [3.8, 4) is 0 Å². The molecule has 1 aliphatic rings. The van der Waals surface area contributed by atoms with E-state index in [9.17, 15) is 9.59 Å². The molecule has 0 radical (unpaired) electrons. The Hall–Kier alpha value is -2.14. The van der Waals surface area contributed by atoms with Crippen LogP contribution in [-0.4, -0.2) is 40.5 Å². The lowest BCUT2D eigenvalue weighted by molar-refractivity contribution is 0.0235. The summed E-state index contributed by atoms with van der Waals surface area (Å²) in [4.78, 5) is 24.5. The summed E-state index contributed by atoms with van der Waals surface area (Å²) in [5.41, 5.74) is 1.94. The molecular formula is C13H13N3O2. The zero-order valence-corrected chi connectivity index (χ0v) is 10.5. The van der Waals surface area contributed by atoms with E-state index in [-0.39, 0.29) is 11.8 Å². The third kappa shape index (κ3) is 1.19. The van der Waals surface area contributed by atoms with Crippen LogP contribution < -0.4 is 0 Å². The number of aromatic nitrogens is 1. The van der Waals surface area contributed by atoms with Crippen LogP contribution in [0.3, 0.4) is 0 Å². The number of fused-ring (bicyclic) bond motifs is 3. The summed E-state index contributed by atoms with van der Waals surface area (Å²) >= 11 is 0. The smallest absolute Gasteiger partial charge is 0.277 e. The van der Waals surface area contributed by atoms with Crippen molar-refractivity contribution in [2.75, 3.05) is 14.1 Å². The molecule has 2 heterocycles. The standard InChI is InChI=1S/C13H13N3O2/c1-14(2)16-12(17)9-4-5-10-8(6-7-15(10)3)11(9)13(16)18/h4-7H,1-3H3. The molecule has 0 atom stereocenters. The van der Waals surface area contributed by atoms with E-state index in [0.29, 0.717) is 11.1 Å². The molecule has 1 aromatic carbocycles. The number of aryl methyl sites for hydroxylation is 1. The highest BCUT2D eigenvalue weighted by Crippen LogP contribution is 2.30. The fourth-order valence-electron chi connectivity index (χ4n) is 2.44. The molecule has 0 saturated carbocycles. The second-order valence-electron chi connectivity index (χ2n) is 4.62. The Bertz CT molecular complexity index is 685. The van der Waals surface area contributed by atoms with Crippen molar-refractivity contribution < 1.29 is 9.59 Å². The monoisotopic (exact) mass is 243 g/mol. The van der Waals surface area contributed by atoms with Gasteiger partial charge in [0.15, 0.2) is 0 Å². The summed E-state index contributed by atoms with van der Waals surface area (Å²) in [7, 11) is 5.29. The molecule has 1 aliphatic heterocycles. The van der Waals surface area contributed by atoms with Gasteiger partial charge in [0.1, 0.15) is 0 Å². The number of imide groups is 1. The van der Waals surface area contributed by atoms with E-state index in [1.165, 1.54) is 5.01 Å². The molecule has 0 fully saturated rings. The number of hydrogen-bond donors (Lipinski definition) is 0. The molecule has 5 heteroatoms. The molecule has 0 bridgehead atoms. The van der Waals surface area contributed by atoms with Crippen LogP contribution in [0.1, 0.15) is 20.7 Å². The first-order chi connectivity index (χ1) is 8.52. The topological polar surface area (TPSA) is 45.5 Å². The van der Waals surface area contributed by atoms with Gasteiger partial charge < -0.3 is 4.57 Å². The average Bonchev–Trinajstić information content (AvgIpc) is 2.80. The van der Waals surface area contributed by atoms with E-state index in [1.54, 1.807) is 20.2 Å². The van der Waals surface area contributed by atoms with Gasteiger partial charge in [0.2, 0.25) is 0 Å². The maximum atomic E-state index is 12.3. The van der Waals surface area contributed by atoms with Gasteiger partial charge in [-0.05, 0) is 18.2 Å². The highest BCUT2D eigenvalue weighted by molar-refractivity contribution is 6.26. The zero-order chi connectivity index (χ0) is 13.0. The van der Waals surface area contributed by atoms with E-state index in [0.717, 1.165) is 15.9 Å². The van der Waals surface area contributed by atoms with Crippen LogP contribution >= 0.6 is 0 Å². The molecule has 0 spiro atoms. The highest BCUT2D eigenvalue weighted by Gasteiger charge is 2.38. The Labute approximate surface area is 104 Å². The van der Waals surface area contributed by atoms with Crippen molar-refractivity contribution in [3.63, 3.8) is 0 Å².